The van der Waals surface area contributed by atoms with E-state index < -0.39 is 12.1 Å². The number of hydrogen-bond acceptors (Lipinski definition) is 5. The van der Waals surface area contributed by atoms with E-state index in [1.165, 1.54) is 379 Å². The van der Waals surface area contributed by atoms with E-state index in [0.717, 1.165) is 44.9 Å². The maximum atomic E-state index is 12.5. The molecule has 0 saturated carbocycles. The summed E-state index contributed by atoms with van der Waals surface area (Å²) in [4.78, 5) is 24.6. The zero-order valence-electron chi connectivity index (χ0n) is 59.7. The maximum Gasteiger partial charge on any atom is 0.305 e. The molecule has 0 bridgehead atoms. The molecule has 0 heterocycles. The number of hydrogen-bond donors (Lipinski definition) is 3. The molecule has 0 aromatic rings. The second-order valence-electron chi connectivity index (χ2n) is 27.7. The fourth-order valence-corrected chi connectivity index (χ4v) is 12.7. The summed E-state index contributed by atoms with van der Waals surface area (Å²) in [6.07, 6.45) is 101. The van der Waals surface area contributed by atoms with Crippen LogP contribution >= 0.6 is 0 Å². The quantitative estimate of drug-likeness (QED) is 0.0320. The SMILES string of the molecule is CCCCCC/C=C\CCCCCCCC(=O)OCCCCCCCCCCCCCCCCCC/C=C\CCCCCCCCCCCCCCCCCCCC(=O)NC(CO)C(O)/C=C/CCCCCCCCCCCCCCCCCCCCC. The molecule has 0 aromatic heterocycles. The molecule has 0 aliphatic heterocycles. The van der Waals surface area contributed by atoms with Gasteiger partial charge in [-0.2, -0.15) is 0 Å². The number of carbonyl (C=O) groups is 2. The molecule has 0 spiro atoms. The van der Waals surface area contributed by atoms with Crippen molar-refractivity contribution in [2.24, 2.45) is 0 Å². The van der Waals surface area contributed by atoms with E-state index in [1.807, 2.05) is 6.08 Å². The number of allylic oxidation sites excluding steroid dienone is 5. The number of rotatable bonds is 76. The number of nitrogens with one attached hydrogen (secondary N) is 1. The topological polar surface area (TPSA) is 95.9 Å². The van der Waals surface area contributed by atoms with E-state index >= 15 is 0 Å². The van der Waals surface area contributed by atoms with Crippen LogP contribution < -0.4 is 5.32 Å². The van der Waals surface area contributed by atoms with E-state index in [0.29, 0.717) is 19.4 Å². The molecule has 0 radical (unpaired) electrons. The van der Waals surface area contributed by atoms with Crippen LogP contribution in [0.4, 0.5) is 0 Å². The minimum absolute atomic E-state index is 0.0126. The number of ether oxygens (including phenoxy) is 1. The van der Waals surface area contributed by atoms with Gasteiger partial charge >= 0.3 is 5.97 Å². The summed E-state index contributed by atoms with van der Waals surface area (Å²) in [5.74, 6) is -0.0469. The van der Waals surface area contributed by atoms with Gasteiger partial charge in [-0.3, -0.25) is 9.59 Å². The smallest absolute Gasteiger partial charge is 0.305 e. The number of aliphatic hydroxyl groups excluding tert-OH is 2. The molecule has 0 fully saturated rings. The van der Waals surface area contributed by atoms with E-state index in [4.69, 9.17) is 4.74 Å². The fraction of sp³-hybridized carbons (Fsp3) is 0.902. The summed E-state index contributed by atoms with van der Waals surface area (Å²) < 4.78 is 5.49. The first-order chi connectivity index (χ1) is 43.5. The molecule has 2 atom stereocenters. The van der Waals surface area contributed by atoms with Crippen LogP contribution in [0.5, 0.6) is 0 Å². The average Bonchev–Trinajstić information content (AvgIpc) is 3.59. The van der Waals surface area contributed by atoms with E-state index in [-0.39, 0.29) is 18.5 Å². The first-order valence-electron chi connectivity index (χ1n) is 40.3. The summed E-state index contributed by atoms with van der Waals surface area (Å²) in [6.45, 7) is 4.93. The highest BCUT2D eigenvalue weighted by atomic mass is 16.5. The summed E-state index contributed by atoms with van der Waals surface area (Å²) >= 11 is 0. The van der Waals surface area contributed by atoms with E-state index in [2.05, 4.69) is 43.5 Å². The molecule has 2 unspecified atom stereocenters. The molecule has 3 N–H and O–H groups in total. The van der Waals surface area contributed by atoms with Crippen LogP contribution in [-0.4, -0.2) is 47.4 Å². The van der Waals surface area contributed by atoms with Crippen LogP contribution in [0.25, 0.3) is 0 Å². The Balaban J connectivity index is 3.36. The van der Waals surface area contributed by atoms with Gasteiger partial charge in [-0.05, 0) is 83.5 Å². The molecule has 0 aliphatic carbocycles. The fourth-order valence-electron chi connectivity index (χ4n) is 12.7. The maximum absolute atomic E-state index is 12.5. The summed E-state index contributed by atoms with van der Waals surface area (Å²) in [6, 6.07) is -0.626. The number of unbranched alkanes of at least 4 members (excludes halogenated alkanes) is 61. The van der Waals surface area contributed by atoms with Gasteiger partial charge < -0.3 is 20.3 Å². The third-order valence-corrected chi connectivity index (χ3v) is 18.9. The Morgan fingerprint density at radius 3 is 0.818 bits per heavy atom. The Morgan fingerprint density at radius 2 is 0.534 bits per heavy atom. The Bertz CT molecular complexity index is 1430. The Kier molecular flexibility index (Phi) is 75.8. The Hall–Kier alpha value is -1.92. The van der Waals surface area contributed by atoms with Crippen molar-refractivity contribution in [3.63, 3.8) is 0 Å². The molecule has 0 aliphatic rings. The number of aliphatic hydroxyl groups is 2. The summed E-state index contributed by atoms with van der Waals surface area (Å²) in [7, 11) is 0. The summed E-state index contributed by atoms with van der Waals surface area (Å²) in [5.41, 5.74) is 0. The van der Waals surface area contributed by atoms with Gasteiger partial charge in [-0.15, -0.1) is 0 Å². The standard InChI is InChI=1S/C82H157NO5/c1-3-5-7-9-11-13-15-17-18-19-20-38-41-44-47-51-54-58-62-66-70-74-80(85)79(78-84)83-81(86)75-71-67-63-59-55-52-48-45-42-39-36-34-32-30-28-26-24-22-21-23-25-27-29-31-33-35-37-40-43-46-49-53-57-61-65-69-73-77-88-82(87)76-72-68-64-60-56-50-16-14-12-10-8-6-4-2/h14,16,21,23,70,74,79-80,84-85H,3-13,15,17-20,22,24-69,71-73,75-78H2,1-2H3,(H,83,86)/b16-14-,23-21-,74-70+. The van der Waals surface area contributed by atoms with Crippen molar-refractivity contribution >= 4 is 11.9 Å². The molecule has 88 heavy (non-hydrogen) atoms. The molecule has 1 amide bonds. The van der Waals surface area contributed by atoms with Crippen LogP contribution in [0.3, 0.4) is 0 Å². The molecule has 6 nitrogen and oxygen atoms in total. The van der Waals surface area contributed by atoms with Crippen molar-refractivity contribution < 1.29 is 24.5 Å². The van der Waals surface area contributed by atoms with Crippen molar-refractivity contribution in [2.45, 2.75) is 463 Å². The van der Waals surface area contributed by atoms with Crippen molar-refractivity contribution in [3.05, 3.63) is 36.5 Å². The molecule has 0 aromatic carbocycles. The zero-order chi connectivity index (χ0) is 63.5. The van der Waals surface area contributed by atoms with Gasteiger partial charge in [0.25, 0.3) is 0 Å². The van der Waals surface area contributed by atoms with Crippen LogP contribution in [0.1, 0.15) is 450 Å². The Morgan fingerprint density at radius 1 is 0.307 bits per heavy atom. The first kappa shape index (κ1) is 86.1. The van der Waals surface area contributed by atoms with Crippen molar-refractivity contribution in [1.29, 1.82) is 0 Å². The predicted molar refractivity (Wildman–Crippen MR) is 389 cm³/mol. The molecule has 520 valence electrons. The number of esters is 1. The third-order valence-electron chi connectivity index (χ3n) is 18.9. The van der Waals surface area contributed by atoms with Crippen LogP contribution in [-0.2, 0) is 14.3 Å². The van der Waals surface area contributed by atoms with Gasteiger partial charge in [0.15, 0.2) is 0 Å². The van der Waals surface area contributed by atoms with Crippen molar-refractivity contribution in [3.8, 4) is 0 Å². The van der Waals surface area contributed by atoms with Gasteiger partial charge in [-0.1, -0.05) is 391 Å². The monoisotopic (exact) mass is 1240 g/mol. The zero-order valence-corrected chi connectivity index (χ0v) is 59.7. The van der Waals surface area contributed by atoms with E-state index in [9.17, 15) is 19.8 Å². The molecule has 0 rings (SSSR count). The third kappa shape index (κ3) is 73.1. The van der Waals surface area contributed by atoms with Gasteiger partial charge in [0, 0.05) is 12.8 Å². The lowest BCUT2D eigenvalue weighted by Crippen LogP contribution is -2.45. The van der Waals surface area contributed by atoms with Crippen LogP contribution in [0, 0.1) is 0 Å². The lowest BCUT2D eigenvalue weighted by atomic mass is 10.0. The first-order valence-corrected chi connectivity index (χ1v) is 40.3. The van der Waals surface area contributed by atoms with Crippen molar-refractivity contribution in [2.75, 3.05) is 13.2 Å². The van der Waals surface area contributed by atoms with Crippen molar-refractivity contribution in [1.82, 2.24) is 5.32 Å². The van der Waals surface area contributed by atoms with Crippen LogP contribution in [0.15, 0.2) is 36.5 Å². The second-order valence-corrected chi connectivity index (χ2v) is 27.7. The number of carbonyl (C=O) groups excluding carboxylic acids is 2. The molecular weight excluding hydrogens is 1080 g/mol. The minimum Gasteiger partial charge on any atom is -0.466 e. The van der Waals surface area contributed by atoms with Gasteiger partial charge in [-0.25, -0.2) is 0 Å². The van der Waals surface area contributed by atoms with Gasteiger partial charge in [0.05, 0.1) is 25.4 Å². The second kappa shape index (κ2) is 77.5. The summed E-state index contributed by atoms with van der Waals surface area (Å²) in [5, 5.41) is 23.3. The highest BCUT2D eigenvalue weighted by molar-refractivity contribution is 5.76. The molecule has 6 heteroatoms. The van der Waals surface area contributed by atoms with Gasteiger partial charge in [0.2, 0.25) is 5.91 Å². The predicted octanol–water partition coefficient (Wildman–Crippen LogP) is 26.6. The highest BCUT2D eigenvalue weighted by Crippen LogP contribution is 2.20. The highest BCUT2D eigenvalue weighted by Gasteiger charge is 2.18. The van der Waals surface area contributed by atoms with Crippen LogP contribution in [0.2, 0.25) is 0 Å². The molecule has 0 saturated heterocycles. The average molecular weight is 1240 g/mol. The minimum atomic E-state index is -0.843. The largest absolute Gasteiger partial charge is 0.466 e. The number of amides is 1. The Labute approximate surface area is 551 Å². The lowest BCUT2D eigenvalue weighted by Gasteiger charge is -2.20. The molecular formula is C82H157NO5. The lowest BCUT2D eigenvalue weighted by molar-refractivity contribution is -0.143. The van der Waals surface area contributed by atoms with E-state index in [1.54, 1.807) is 6.08 Å². The van der Waals surface area contributed by atoms with Gasteiger partial charge in [0.1, 0.15) is 0 Å². The normalized spacial score (nSPS) is 12.6.